The van der Waals surface area contributed by atoms with Crippen LogP contribution >= 0.6 is 34.8 Å². The molecule has 1 amide bonds. The summed E-state index contributed by atoms with van der Waals surface area (Å²) >= 11 is 17.1. The molecule has 7 heteroatoms. The van der Waals surface area contributed by atoms with Gasteiger partial charge in [-0.15, -0.1) is 0 Å². The van der Waals surface area contributed by atoms with Crippen LogP contribution in [0.2, 0.25) is 15.1 Å². The van der Waals surface area contributed by atoms with Gasteiger partial charge in [-0.05, 0) is 30.3 Å². The Balaban J connectivity index is 2.31. The summed E-state index contributed by atoms with van der Waals surface area (Å²) in [7, 11) is 0. The van der Waals surface area contributed by atoms with Crippen molar-refractivity contribution in [3.05, 3.63) is 62.6 Å². The molecule has 20 heavy (non-hydrogen) atoms. The summed E-state index contributed by atoms with van der Waals surface area (Å²) < 4.78 is 26.2. The first-order chi connectivity index (χ1) is 9.38. The van der Waals surface area contributed by atoms with Crippen LogP contribution in [-0.4, -0.2) is 5.91 Å². The second kappa shape index (κ2) is 5.95. The summed E-state index contributed by atoms with van der Waals surface area (Å²) in [6.07, 6.45) is 0. The summed E-state index contributed by atoms with van der Waals surface area (Å²) in [5, 5.41) is 2.23. The number of amides is 1. The van der Waals surface area contributed by atoms with Crippen molar-refractivity contribution in [2.45, 2.75) is 0 Å². The van der Waals surface area contributed by atoms with Crippen LogP contribution in [0.25, 0.3) is 0 Å². The van der Waals surface area contributed by atoms with Crippen molar-refractivity contribution in [2.75, 3.05) is 5.32 Å². The molecule has 1 N–H and O–H groups in total. The molecule has 0 saturated heterocycles. The minimum atomic E-state index is -0.772. The average Bonchev–Trinajstić information content (AvgIpc) is 2.37. The Bertz CT molecular complexity index is 692. The summed E-state index contributed by atoms with van der Waals surface area (Å²) in [5.41, 5.74) is 0.0819. The Morgan fingerprint density at radius 1 is 0.950 bits per heavy atom. The molecule has 104 valence electrons. The van der Waals surface area contributed by atoms with Gasteiger partial charge in [-0.3, -0.25) is 4.79 Å². The first-order valence-corrected chi connectivity index (χ1v) is 6.43. The van der Waals surface area contributed by atoms with E-state index in [4.69, 9.17) is 34.8 Å². The van der Waals surface area contributed by atoms with Crippen LogP contribution in [0.3, 0.4) is 0 Å². The van der Waals surface area contributed by atoms with E-state index >= 15 is 0 Å². The molecule has 0 aliphatic carbocycles. The highest BCUT2D eigenvalue weighted by Gasteiger charge is 2.15. The standard InChI is InChI=1S/C13H6Cl3F2NO/c14-8-5-9(15)11(18)4-7(8)13(20)19-12-2-1-6(17)3-10(12)16/h1-5H,(H,19,20). The number of nitrogens with one attached hydrogen (secondary N) is 1. The van der Waals surface area contributed by atoms with Crippen molar-refractivity contribution in [1.82, 2.24) is 0 Å². The van der Waals surface area contributed by atoms with Crippen LogP contribution in [0.15, 0.2) is 30.3 Å². The lowest BCUT2D eigenvalue weighted by molar-refractivity contribution is 0.102. The highest BCUT2D eigenvalue weighted by molar-refractivity contribution is 6.37. The number of halogens is 5. The second-order valence-electron chi connectivity index (χ2n) is 3.82. The summed E-state index contributed by atoms with van der Waals surface area (Å²) in [6.45, 7) is 0. The number of anilines is 1. The molecule has 0 aromatic heterocycles. The van der Waals surface area contributed by atoms with Crippen molar-refractivity contribution in [3.63, 3.8) is 0 Å². The average molecular weight is 337 g/mol. The van der Waals surface area contributed by atoms with Crippen molar-refractivity contribution >= 4 is 46.4 Å². The van der Waals surface area contributed by atoms with Crippen molar-refractivity contribution in [3.8, 4) is 0 Å². The molecular weight excluding hydrogens is 331 g/mol. The number of carbonyl (C=O) groups is 1. The fraction of sp³-hybridized carbons (Fsp3) is 0. The van der Waals surface area contributed by atoms with Gasteiger partial charge in [-0.1, -0.05) is 34.8 Å². The molecule has 2 aromatic carbocycles. The minimum absolute atomic E-state index is 0.00728. The second-order valence-corrected chi connectivity index (χ2v) is 5.05. The minimum Gasteiger partial charge on any atom is -0.321 e. The molecule has 0 bridgehead atoms. The van der Waals surface area contributed by atoms with Gasteiger partial charge >= 0.3 is 0 Å². The zero-order chi connectivity index (χ0) is 14.9. The highest BCUT2D eigenvalue weighted by Crippen LogP contribution is 2.27. The lowest BCUT2D eigenvalue weighted by Gasteiger charge is -2.09. The molecule has 0 saturated carbocycles. The SMILES string of the molecule is O=C(Nc1ccc(F)cc1Cl)c1cc(F)c(Cl)cc1Cl. The van der Waals surface area contributed by atoms with Crippen LogP contribution in [0.5, 0.6) is 0 Å². The Hall–Kier alpha value is -1.36. The molecule has 0 unspecified atom stereocenters. The van der Waals surface area contributed by atoms with Gasteiger partial charge in [0.1, 0.15) is 11.6 Å². The lowest BCUT2D eigenvalue weighted by atomic mass is 10.2. The quantitative estimate of drug-likeness (QED) is 0.752. The number of hydrogen-bond donors (Lipinski definition) is 1. The molecule has 0 spiro atoms. The Morgan fingerprint density at radius 3 is 2.30 bits per heavy atom. The molecule has 0 heterocycles. The molecule has 2 rings (SSSR count). The number of rotatable bonds is 2. The molecule has 2 aromatic rings. The van der Waals surface area contributed by atoms with Gasteiger partial charge in [0.05, 0.1) is 26.3 Å². The van der Waals surface area contributed by atoms with E-state index in [0.29, 0.717) is 0 Å². The third kappa shape index (κ3) is 3.20. The van der Waals surface area contributed by atoms with Crippen LogP contribution in [-0.2, 0) is 0 Å². The summed E-state index contributed by atoms with van der Waals surface area (Å²) in [6, 6.07) is 5.50. The Labute approximate surface area is 128 Å². The highest BCUT2D eigenvalue weighted by atomic mass is 35.5. The van der Waals surface area contributed by atoms with Gasteiger partial charge in [0, 0.05) is 0 Å². The van der Waals surface area contributed by atoms with Gasteiger partial charge in [0.25, 0.3) is 5.91 Å². The molecule has 0 aliphatic rings. The van der Waals surface area contributed by atoms with E-state index in [-0.39, 0.29) is 26.3 Å². The van der Waals surface area contributed by atoms with E-state index in [2.05, 4.69) is 5.32 Å². The maximum atomic E-state index is 13.3. The third-order valence-corrected chi connectivity index (χ3v) is 3.35. The van der Waals surface area contributed by atoms with Gasteiger partial charge in [-0.2, -0.15) is 0 Å². The maximum absolute atomic E-state index is 13.3. The number of carbonyl (C=O) groups excluding carboxylic acids is 1. The van der Waals surface area contributed by atoms with Gasteiger partial charge in [-0.25, -0.2) is 8.78 Å². The molecule has 0 fully saturated rings. The van der Waals surface area contributed by atoms with E-state index in [1.54, 1.807) is 0 Å². The van der Waals surface area contributed by atoms with Crippen molar-refractivity contribution in [2.24, 2.45) is 0 Å². The first-order valence-electron chi connectivity index (χ1n) is 5.29. The predicted octanol–water partition coefficient (Wildman–Crippen LogP) is 5.18. The fourth-order valence-corrected chi connectivity index (χ4v) is 2.16. The van der Waals surface area contributed by atoms with Crippen molar-refractivity contribution < 1.29 is 13.6 Å². The van der Waals surface area contributed by atoms with E-state index < -0.39 is 17.5 Å². The zero-order valence-corrected chi connectivity index (χ0v) is 12.0. The maximum Gasteiger partial charge on any atom is 0.257 e. The van der Waals surface area contributed by atoms with Gasteiger partial charge in [0.15, 0.2) is 0 Å². The van der Waals surface area contributed by atoms with Gasteiger partial charge in [0.2, 0.25) is 0 Å². The van der Waals surface area contributed by atoms with Crippen LogP contribution in [0.1, 0.15) is 10.4 Å². The molecule has 2 nitrogen and oxygen atoms in total. The van der Waals surface area contributed by atoms with E-state index in [9.17, 15) is 13.6 Å². The summed E-state index contributed by atoms with van der Waals surface area (Å²) in [5.74, 6) is -1.99. The summed E-state index contributed by atoms with van der Waals surface area (Å²) in [4.78, 5) is 12.0. The van der Waals surface area contributed by atoms with E-state index in [1.165, 1.54) is 6.07 Å². The third-order valence-electron chi connectivity index (χ3n) is 2.43. The molecular formula is C13H6Cl3F2NO. The topological polar surface area (TPSA) is 29.1 Å². The van der Waals surface area contributed by atoms with Crippen LogP contribution in [0.4, 0.5) is 14.5 Å². The number of benzene rings is 2. The largest absolute Gasteiger partial charge is 0.321 e. The predicted molar refractivity (Wildman–Crippen MR) is 75.8 cm³/mol. The molecule has 0 aliphatic heterocycles. The van der Waals surface area contributed by atoms with Crippen LogP contribution in [0, 0.1) is 11.6 Å². The zero-order valence-electron chi connectivity index (χ0n) is 9.68. The lowest BCUT2D eigenvalue weighted by Crippen LogP contribution is -2.13. The normalized spacial score (nSPS) is 10.4. The van der Waals surface area contributed by atoms with Crippen LogP contribution < -0.4 is 5.32 Å². The molecule has 0 atom stereocenters. The van der Waals surface area contributed by atoms with Crippen molar-refractivity contribution in [1.29, 1.82) is 0 Å². The molecule has 0 radical (unpaired) electrons. The Kier molecular flexibility index (Phi) is 4.48. The fourth-order valence-electron chi connectivity index (χ4n) is 1.48. The first kappa shape index (κ1) is 15.0. The number of hydrogen-bond acceptors (Lipinski definition) is 1. The van der Waals surface area contributed by atoms with Gasteiger partial charge < -0.3 is 5.32 Å². The monoisotopic (exact) mass is 335 g/mol. The van der Waals surface area contributed by atoms with E-state index in [1.807, 2.05) is 0 Å². The van der Waals surface area contributed by atoms with E-state index in [0.717, 1.165) is 24.3 Å². The smallest absolute Gasteiger partial charge is 0.257 e. The Morgan fingerprint density at radius 2 is 1.65 bits per heavy atom.